The van der Waals surface area contributed by atoms with Gasteiger partial charge in [0.05, 0.1) is 11.5 Å². The van der Waals surface area contributed by atoms with Gasteiger partial charge in [-0.15, -0.1) is 11.3 Å². The number of carbonyl (C=O) groups excluding carboxylic acids is 1. The maximum absolute atomic E-state index is 13.2. The zero-order valence-electron chi connectivity index (χ0n) is 19.5. The molecule has 31 heavy (non-hydrogen) atoms. The molecule has 4 nitrogen and oxygen atoms in total. The number of benzene rings is 1. The second-order valence-corrected chi connectivity index (χ2v) is 10.7. The molecule has 0 unspecified atom stereocenters. The minimum absolute atomic E-state index is 0.0655. The average molecular weight is 445 g/mol. The second kappa shape index (κ2) is 9.85. The van der Waals surface area contributed by atoms with Crippen molar-refractivity contribution >= 4 is 17.1 Å². The normalized spacial score (nSPS) is 16.1. The van der Waals surface area contributed by atoms with Crippen LogP contribution in [-0.4, -0.2) is 35.3 Å². The number of Topliss-reactive ketones (excluding diaryl/α,β-unsaturated/α-hetero) is 1. The van der Waals surface area contributed by atoms with E-state index < -0.39 is 6.10 Å². The predicted octanol–water partition coefficient (Wildman–Crippen LogP) is 4.99. The number of fused-ring (bicyclic) bond motifs is 1. The molecule has 170 valence electrons. The Kier molecular flexibility index (Phi) is 7.61. The van der Waals surface area contributed by atoms with E-state index in [9.17, 15) is 9.90 Å². The summed E-state index contributed by atoms with van der Waals surface area (Å²) in [5.41, 5.74) is 6.19. The molecule has 0 spiro atoms. The monoisotopic (exact) mass is 444 g/mol. The molecule has 0 amide bonds. The molecule has 1 aliphatic rings. The van der Waals surface area contributed by atoms with Crippen molar-refractivity contribution in [1.29, 1.82) is 0 Å². The van der Waals surface area contributed by atoms with E-state index in [2.05, 4.69) is 32.9 Å². The molecule has 0 bridgehead atoms. The number of rotatable bonds is 9. The van der Waals surface area contributed by atoms with E-state index in [0.29, 0.717) is 18.3 Å². The first-order valence-corrected chi connectivity index (χ1v) is 12.1. The molecule has 1 aromatic carbocycles. The molecule has 0 saturated heterocycles. The summed E-state index contributed by atoms with van der Waals surface area (Å²) < 4.78 is 5.69. The summed E-state index contributed by atoms with van der Waals surface area (Å²) in [4.78, 5) is 15.5. The summed E-state index contributed by atoms with van der Waals surface area (Å²) in [6.45, 7) is 10.6. The molecule has 1 atom stereocenters. The minimum atomic E-state index is -0.883. The first kappa shape index (κ1) is 24.0. The maximum Gasteiger partial charge on any atom is 0.173 e. The Bertz CT molecular complexity index is 918. The standard InChI is InChI=1S/C26H36O4S/c1-6-23-21-13-26(4,5)10-9-20(21)25(31-23)22(29)8-7-18-11-16(2)24(17(3)12-18)30-15-19(28)14-27/h11-12,19,27-28H,6-10,13-15H2,1-5H3/t19-/m1/s1. The van der Waals surface area contributed by atoms with Crippen molar-refractivity contribution in [3.05, 3.63) is 49.7 Å². The highest BCUT2D eigenvalue weighted by atomic mass is 32.1. The number of hydrogen-bond acceptors (Lipinski definition) is 5. The van der Waals surface area contributed by atoms with Gasteiger partial charge in [-0.1, -0.05) is 32.9 Å². The molecular weight excluding hydrogens is 408 g/mol. The Labute approximate surface area is 190 Å². The third-order valence-corrected chi connectivity index (χ3v) is 7.73. The second-order valence-electron chi connectivity index (χ2n) is 9.64. The van der Waals surface area contributed by atoms with Gasteiger partial charge in [0.1, 0.15) is 18.5 Å². The summed E-state index contributed by atoms with van der Waals surface area (Å²) in [6.07, 6.45) is 4.59. The zero-order valence-corrected chi connectivity index (χ0v) is 20.3. The van der Waals surface area contributed by atoms with Crippen molar-refractivity contribution in [2.24, 2.45) is 5.41 Å². The van der Waals surface area contributed by atoms with Crippen molar-refractivity contribution < 1.29 is 19.7 Å². The van der Waals surface area contributed by atoms with Crippen molar-refractivity contribution in [1.82, 2.24) is 0 Å². The van der Waals surface area contributed by atoms with Gasteiger partial charge in [-0.3, -0.25) is 4.79 Å². The largest absolute Gasteiger partial charge is 0.490 e. The quantitative estimate of drug-likeness (QED) is 0.535. The van der Waals surface area contributed by atoms with Crippen molar-refractivity contribution in [3.63, 3.8) is 0 Å². The first-order valence-electron chi connectivity index (χ1n) is 11.3. The summed E-state index contributed by atoms with van der Waals surface area (Å²) in [5, 5.41) is 18.5. The van der Waals surface area contributed by atoms with Crippen molar-refractivity contribution in [3.8, 4) is 5.75 Å². The van der Waals surface area contributed by atoms with Crippen LogP contribution in [0.3, 0.4) is 0 Å². The highest BCUT2D eigenvalue weighted by molar-refractivity contribution is 7.14. The number of aliphatic hydroxyl groups excluding tert-OH is 2. The van der Waals surface area contributed by atoms with Crippen LogP contribution in [0.2, 0.25) is 0 Å². The molecular formula is C26H36O4S. The van der Waals surface area contributed by atoms with Crippen LogP contribution in [0.5, 0.6) is 5.75 Å². The highest BCUT2D eigenvalue weighted by Crippen LogP contribution is 2.42. The number of ketones is 1. The first-order chi connectivity index (χ1) is 14.6. The Morgan fingerprint density at radius 1 is 1.23 bits per heavy atom. The topological polar surface area (TPSA) is 66.8 Å². The molecule has 5 heteroatoms. The fourth-order valence-corrected chi connectivity index (χ4v) is 5.85. The molecule has 0 fully saturated rings. The van der Waals surface area contributed by atoms with Crippen molar-refractivity contribution in [2.75, 3.05) is 13.2 Å². The number of thiophene rings is 1. The van der Waals surface area contributed by atoms with Gasteiger partial charge in [0, 0.05) is 11.3 Å². The summed E-state index contributed by atoms with van der Waals surface area (Å²) in [6, 6.07) is 4.12. The molecule has 1 aromatic heterocycles. The van der Waals surface area contributed by atoms with E-state index in [-0.39, 0.29) is 19.0 Å². The zero-order chi connectivity index (χ0) is 22.8. The summed E-state index contributed by atoms with van der Waals surface area (Å²) in [7, 11) is 0. The van der Waals surface area contributed by atoms with Gasteiger partial charge in [0.25, 0.3) is 0 Å². The third-order valence-electron chi connectivity index (χ3n) is 6.27. The average Bonchev–Trinajstić information content (AvgIpc) is 3.07. The van der Waals surface area contributed by atoms with Crippen LogP contribution >= 0.6 is 11.3 Å². The Balaban J connectivity index is 1.71. The fourth-order valence-electron chi connectivity index (χ4n) is 4.58. The van der Waals surface area contributed by atoms with Crippen LogP contribution < -0.4 is 4.74 Å². The molecule has 1 aliphatic carbocycles. The van der Waals surface area contributed by atoms with E-state index in [4.69, 9.17) is 9.84 Å². The van der Waals surface area contributed by atoms with E-state index in [1.165, 1.54) is 16.0 Å². The van der Waals surface area contributed by atoms with Gasteiger partial charge in [0.15, 0.2) is 5.78 Å². The third kappa shape index (κ3) is 5.57. The van der Waals surface area contributed by atoms with Crippen LogP contribution in [0.4, 0.5) is 0 Å². The number of carbonyl (C=O) groups is 1. The number of aliphatic hydroxyl groups is 2. The van der Waals surface area contributed by atoms with Gasteiger partial charge in [-0.05, 0) is 79.2 Å². The van der Waals surface area contributed by atoms with Crippen molar-refractivity contribution in [2.45, 2.75) is 79.2 Å². The maximum atomic E-state index is 13.2. The van der Waals surface area contributed by atoms with E-state index in [0.717, 1.165) is 53.0 Å². The van der Waals surface area contributed by atoms with Crippen LogP contribution in [0.25, 0.3) is 0 Å². The number of aryl methyl sites for hydroxylation is 4. The Morgan fingerprint density at radius 2 is 1.90 bits per heavy atom. The highest BCUT2D eigenvalue weighted by Gasteiger charge is 2.31. The lowest BCUT2D eigenvalue weighted by Crippen LogP contribution is -2.22. The van der Waals surface area contributed by atoms with Gasteiger partial charge < -0.3 is 14.9 Å². The van der Waals surface area contributed by atoms with E-state index in [1.807, 2.05) is 13.8 Å². The van der Waals surface area contributed by atoms with Crippen LogP contribution in [0.1, 0.15) is 76.0 Å². The van der Waals surface area contributed by atoms with Gasteiger partial charge in [0.2, 0.25) is 0 Å². The van der Waals surface area contributed by atoms with E-state index in [1.54, 1.807) is 11.3 Å². The van der Waals surface area contributed by atoms with E-state index >= 15 is 0 Å². The summed E-state index contributed by atoms with van der Waals surface area (Å²) >= 11 is 1.73. The van der Waals surface area contributed by atoms with Gasteiger partial charge in [-0.2, -0.15) is 0 Å². The Morgan fingerprint density at radius 3 is 2.52 bits per heavy atom. The molecule has 2 N–H and O–H groups in total. The predicted molar refractivity (Wildman–Crippen MR) is 127 cm³/mol. The van der Waals surface area contributed by atoms with Gasteiger partial charge in [-0.25, -0.2) is 0 Å². The SMILES string of the molecule is CCc1sc(C(=O)CCc2cc(C)c(OC[C@H](O)CO)c(C)c2)c2c1CC(C)(C)CC2. The minimum Gasteiger partial charge on any atom is -0.490 e. The molecule has 3 rings (SSSR count). The lowest BCUT2D eigenvalue weighted by atomic mass is 9.74. The Hall–Kier alpha value is -1.69. The lowest BCUT2D eigenvalue weighted by molar-refractivity contribution is 0.0531. The van der Waals surface area contributed by atoms with Crippen LogP contribution in [0, 0.1) is 19.3 Å². The number of hydrogen-bond donors (Lipinski definition) is 2. The van der Waals surface area contributed by atoms with Crippen LogP contribution in [0.15, 0.2) is 12.1 Å². The smallest absolute Gasteiger partial charge is 0.173 e. The lowest BCUT2D eigenvalue weighted by Gasteiger charge is -2.30. The molecule has 1 heterocycles. The molecule has 0 aliphatic heterocycles. The molecule has 0 radical (unpaired) electrons. The molecule has 2 aromatic rings. The summed E-state index contributed by atoms with van der Waals surface area (Å²) in [5.74, 6) is 1.01. The fraction of sp³-hybridized carbons (Fsp3) is 0.577. The van der Waals surface area contributed by atoms with Gasteiger partial charge >= 0.3 is 0 Å². The number of ether oxygens (including phenoxy) is 1. The van der Waals surface area contributed by atoms with Crippen LogP contribution in [-0.2, 0) is 25.7 Å². The molecule has 0 saturated carbocycles.